The Balaban J connectivity index is 0.761. The van der Waals surface area contributed by atoms with Crippen molar-refractivity contribution in [2.24, 2.45) is 0 Å². The zero-order valence-electron chi connectivity index (χ0n) is 38.0. The number of hydrogen-bond acceptors (Lipinski definition) is 14. The van der Waals surface area contributed by atoms with Crippen LogP contribution in [0.3, 0.4) is 0 Å². The molecule has 11 heterocycles. The van der Waals surface area contributed by atoms with E-state index in [2.05, 4.69) is 34.3 Å². The van der Waals surface area contributed by atoms with Crippen molar-refractivity contribution < 1.29 is 66.8 Å². The fraction of sp³-hybridized carbons (Fsp3) is 0.878. The number of aliphatic hydroxyl groups excluding tert-OH is 1. The van der Waals surface area contributed by atoms with E-state index in [1.807, 2.05) is 13.8 Å². The number of ether oxygens (including phenoxy) is 11. The second-order valence-corrected chi connectivity index (χ2v) is 22.5. The van der Waals surface area contributed by atoms with E-state index in [1.165, 1.54) is 0 Å². The summed E-state index contributed by atoms with van der Waals surface area (Å²) in [5.41, 5.74) is -1.76. The summed E-state index contributed by atoms with van der Waals surface area (Å²) in [6.07, 6.45) is 9.03. The first-order valence-corrected chi connectivity index (χ1v) is 24.3. The molecule has 0 aromatic heterocycles. The van der Waals surface area contributed by atoms with Gasteiger partial charge in [-0.25, -0.2) is 4.79 Å². The second kappa shape index (κ2) is 15.6. The van der Waals surface area contributed by atoms with E-state index < -0.39 is 34.1 Å². The molecule has 0 spiro atoms. The van der Waals surface area contributed by atoms with Crippen LogP contribution in [-0.4, -0.2) is 149 Å². The molecule has 1 N–H and O–H groups in total. The largest absolute Gasteiger partial charge is 0.456 e. The van der Waals surface area contributed by atoms with Crippen LogP contribution in [0.25, 0.3) is 0 Å². The SMILES string of the molecule is C=C(C=O)C[C@@H]1C[C@H](O)[C@]2(C)O[C@@H]3C[C@@H]4O[C@@H]5C[C@]6(C)O[C@]7(C)CC[C@@H]8O[C@@H]9C[C@]%10(C)O[C@@H]%11C(C)=CC(=O)O[C@H]%11C[C@H]%10O[C@H]9CC[C@H]8O[C@H]7C[C@H]6O[C@@]5(C)CCC[C@H]4O[C@H]3C[C@H]2O1. The van der Waals surface area contributed by atoms with Crippen LogP contribution < -0.4 is 0 Å². The van der Waals surface area contributed by atoms with Crippen LogP contribution in [0, 0.1) is 0 Å². The molecule has 0 saturated carbocycles. The second-order valence-electron chi connectivity index (χ2n) is 22.5. The Morgan fingerprint density at radius 1 is 0.651 bits per heavy atom. The topological polar surface area (TPSA) is 156 Å². The van der Waals surface area contributed by atoms with Crippen molar-refractivity contribution in [1.82, 2.24) is 0 Å². The Kier molecular flexibility index (Phi) is 10.8. The number of esters is 1. The van der Waals surface area contributed by atoms with Gasteiger partial charge >= 0.3 is 5.97 Å². The predicted molar refractivity (Wildman–Crippen MR) is 224 cm³/mol. The number of carbonyl (C=O) groups is 2. The van der Waals surface area contributed by atoms with Gasteiger partial charge in [0.25, 0.3) is 0 Å². The molecule has 10 fully saturated rings. The average molecular weight is 883 g/mol. The third-order valence-electron chi connectivity index (χ3n) is 17.8. The molecule has 14 nitrogen and oxygen atoms in total. The summed E-state index contributed by atoms with van der Waals surface area (Å²) in [5, 5.41) is 11.4. The quantitative estimate of drug-likeness (QED) is 0.217. The Morgan fingerprint density at radius 3 is 2.13 bits per heavy atom. The van der Waals surface area contributed by atoms with E-state index in [4.69, 9.17) is 52.1 Å². The van der Waals surface area contributed by atoms with Gasteiger partial charge < -0.3 is 57.2 Å². The Bertz CT molecular complexity index is 1860. The lowest BCUT2D eigenvalue weighted by molar-refractivity contribution is -0.361. The summed E-state index contributed by atoms with van der Waals surface area (Å²) in [6.45, 7) is 16.5. The van der Waals surface area contributed by atoms with Gasteiger partial charge in [-0.1, -0.05) is 6.58 Å². The molecule has 0 aliphatic carbocycles. The minimum absolute atomic E-state index is 0.0867. The van der Waals surface area contributed by atoms with Gasteiger partial charge in [-0.3, -0.25) is 4.79 Å². The lowest BCUT2D eigenvalue weighted by Crippen LogP contribution is -2.70. The van der Waals surface area contributed by atoms with E-state index in [1.54, 1.807) is 6.08 Å². The van der Waals surface area contributed by atoms with Crippen molar-refractivity contribution in [3.63, 3.8) is 0 Å². The summed E-state index contributed by atoms with van der Waals surface area (Å²) >= 11 is 0. The van der Waals surface area contributed by atoms with E-state index in [0.717, 1.165) is 63.2 Å². The Morgan fingerprint density at radius 2 is 1.33 bits per heavy atom. The summed E-state index contributed by atoms with van der Waals surface area (Å²) in [7, 11) is 0. The summed E-state index contributed by atoms with van der Waals surface area (Å²) in [4.78, 5) is 23.5. The normalized spacial score (nSPS) is 56.2. The van der Waals surface area contributed by atoms with Crippen molar-refractivity contribution >= 4 is 12.3 Å². The maximum Gasteiger partial charge on any atom is 0.331 e. The zero-order valence-corrected chi connectivity index (χ0v) is 38.0. The highest BCUT2D eigenvalue weighted by molar-refractivity contribution is 5.84. The first-order valence-electron chi connectivity index (χ1n) is 24.3. The van der Waals surface area contributed by atoms with Gasteiger partial charge in [-0.2, -0.15) is 0 Å². The van der Waals surface area contributed by atoms with Gasteiger partial charge in [0, 0.05) is 57.4 Å². The third kappa shape index (κ3) is 7.47. The van der Waals surface area contributed by atoms with Crippen LogP contribution in [0.5, 0.6) is 0 Å². The van der Waals surface area contributed by atoms with E-state index >= 15 is 0 Å². The number of carbonyl (C=O) groups excluding carboxylic acids is 2. The molecule has 10 saturated heterocycles. The van der Waals surface area contributed by atoms with Crippen LogP contribution in [0.4, 0.5) is 0 Å². The van der Waals surface area contributed by atoms with Gasteiger partial charge in [0.15, 0.2) is 0 Å². The Hall–Kier alpha value is -1.82. The van der Waals surface area contributed by atoms with Gasteiger partial charge in [0.2, 0.25) is 0 Å². The predicted octanol–water partition coefficient (Wildman–Crippen LogP) is 5.45. The molecule has 63 heavy (non-hydrogen) atoms. The smallest absolute Gasteiger partial charge is 0.331 e. The molecule has 0 aromatic carbocycles. The number of rotatable bonds is 3. The van der Waals surface area contributed by atoms with Gasteiger partial charge in [0.05, 0.1) is 114 Å². The van der Waals surface area contributed by atoms with Crippen LogP contribution in [0.1, 0.15) is 138 Å². The molecule has 0 bridgehead atoms. The van der Waals surface area contributed by atoms with E-state index in [9.17, 15) is 14.7 Å². The van der Waals surface area contributed by atoms with Crippen LogP contribution in [0.2, 0.25) is 0 Å². The standard InChI is InChI=1S/C49H70O14/c1-25(24-50)15-27-17-37(51)49(7)41(53-27)19-33-34(60-49)18-32-28(54-33)9-8-13-45(3)42(58-32)23-48(6)40(61-45)21-39-46(4,63-48)14-12-31-29(56-39)10-11-30-36(55-31)22-47(5)38(57-30)20-35-44(62-47)26(2)16-43(52)59-35/h16,24,27-42,44,51H,1,8-15,17-23H2,2-7H3/t27-,28-,29-,30+,31+,32+,33+,34-,35+,36-,37+,38-,39+,40-,41-,42-,44-,45+,46-,47+,48+,49+/m1/s1. The third-order valence-corrected chi connectivity index (χ3v) is 17.8. The van der Waals surface area contributed by atoms with Crippen LogP contribution >= 0.6 is 0 Å². The number of aldehydes is 1. The molecule has 11 aliphatic rings. The number of hydrogen-bond donors (Lipinski definition) is 1. The van der Waals surface area contributed by atoms with Crippen molar-refractivity contribution in [2.75, 3.05) is 0 Å². The average Bonchev–Trinajstić information content (AvgIpc) is 3.45. The molecule has 0 unspecified atom stereocenters. The fourth-order valence-corrected chi connectivity index (χ4v) is 14.1. The molecular weight excluding hydrogens is 813 g/mol. The Labute approximate surface area is 371 Å². The molecule has 0 aromatic rings. The number of aliphatic hydroxyl groups is 1. The molecule has 11 aliphatic heterocycles. The lowest BCUT2D eigenvalue weighted by atomic mass is 9.72. The van der Waals surface area contributed by atoms with Crippen molar-refractivity contribution in [3.8, 4) is 0 Å². The highest BCUT2D eigenvalue weighted by Gasteiger charge is 2.64. The summed E-state index contributed by atoms with van der Waals surface area (Å²) < 4.78 is 75.5. The minimum atomic E-state index is -0.891. The first-order chi connectivity index (χ1) is 29.9. The van der Waals surface area contributed by atoms with Gasteiger partial charge in [0.1, 0.15) is 24.1 Å². The van der Waals surface area contributed by atoms with E-state index in [-0.39, 0.29) is 104 Å². The first kappa shape index (κ1) is 43.7. The summed E-state index contributed by atoms with van der Waals surface area (Å²) in [5.74, 6) is -0.308. The lowest BCUT2D eigenvalue weighted by Gasteiger charge is -2.61. The minimum Gasteiger partial charge on any atom is -0.456 e. The molecule has 0 radical (unpaired) electrons. The number of fused-ring (bicyclic) bond motifs is 10. The molecule has 11 rings (SSSR count). The molecule has 22 atom stereocenters. The van der Waals surface area contributed by atoms with Crippen LogP contribution in [-0.2, 0) is 61.7 Å². The fourth-order valence-electron chi connectivity index (χ4n) is 14.1. The highest BCUT2D eigenvalue weighted by atomic mass is 16.7. The monoisotopic (exact) mass is 882 g/mol. The van der Waals surface area contributed by atoms with Gasteiger partial charge in [-0.05, 0) is 97.6 Å². The maximum atomic E-state index is 12.2. The highest BCUT2D eigenvalue weighted by Crippen LogP contribution is 2.55. The molecule has 0 amide bonds. The molecular formula is C49H70O14. The van der Waals surface area contributed by atoms with E-state index in [0.29, 0.717) is 50.5 Å². The van der Waals surface area contributed by atoms with Gasteiger partial charge in [-0.15, -0.1) is 0 Å². The zero-order chi connectivity index (χ0) is 43.8. The summed E-state index contributed by atoms with van der Waals surface area (Å²) in [6, 6.07) is 0. The van der Waals surface area contributed by atoms with Crippen LogP contribution in [0.15, 0.2) is 23.8 Å². The molecule has 14 heteroatoms. The van der Waals surface area contributed by atoms with Crippen molar-refractivity contribution in [1.29, 1.82) is 0 Å². The maximum absolute atomic E-state index is 12.2. The molecule has 350 valence electrons. The van der Waals surface area contributed by atoms with Crippen molar-refractivity contribution in [2.45, 2.75) is 270 Å². The van der Waals surface area contributed by atoms with Crippen molar-refractivity contribution in [3.05, 3.63) is 23.8 Å².